The van der Waals surface area contributed by atoms with Crippen LogP contribution in [0.2, 0.25) is 0 Å². The summed E-state index contributed by atoms with van der Waals surface area (Å²) in [5.74, 6) is -1.55. The predicted octanol–water partition coefficient (Wildman–Crippen LogP) is 2.16. The minimum absolute atomic E-state index is 0.105. The molecule has 0 saturated carbocycles. The van der Waals surface area contributed by atoms with Crippen molar-refractivity contribution < 1.29 is 33.9 Å². The summed E-state index contributed by atoms with van der Waals surface area (Å²) in [4.78, 5) is 74.5. The minimum atomic E-state index is -0.571. The van der Waals surface area contributed by atoms with E-state index in [9.17, 15) is 28.8 Å². The Morgan fingerprint density at radius 2 is 1.16 bits per heavy atom. The Labute approximate surface area is 256 Å². The van der Waals surface area contributed by atoms with E-state index >= 15 is 0 Å². The molecule has 2 aromatic carbocycles. The van der Waals surface area contributed by atoms with Gasteiger partial charge in [0.05, 0.1) is 0 Å². The maximum absolute atomic E-state index is 12.5. The number of aliphatic hydroxyl groups excluding tert-OH is 1. The summed E-state index contributed by atoms with van der Waals surface area (Å²) in [6.45, 7) is 3.15. The highest BCUT2D eigenvalue weighted by Crippen LogP contribution is 2.30. The molecule has 44 heavy (non-hydrogen) atoms. The van der Waals surface area contributed by atoms with Gasteiger partial charge in [0.15, 0.2) is 0 Å². The van der Waals surface area contributed by atoms with E-state index in [4.69, 9.17) is 5.11 Å². The number of imide groups is 2. The Morgan fingerprint density at radius 3 is 1.57 bits per heavy atom. The van der Waals surface area contributed by atoms with Crippen LogP contribution in [-0.2, 0) is 45.1 Å². The van der Waals surface area contributed by atoms with Crippen molar-refractivity contribution >= 4 is 35.4 Å². The van der Waals surface area contributed by atoms with E-state index in [1.807, 2.05) is 24.3 Å². The van der Waals surface area contributed by atoms with Gasteiger partial charge in [0.1, 0.15) is 12.1 Å². The number of nitrogens with zero attached hydrogens (tertiary/aromatic N) is 2. The van der Waals surface area contributed by atoms with Gasteiger partial charge in [-0.3, -0.25) is 39.4 Å². The van der Waals surface area contributed by atoms with Crippen LogP contribution in [0, 0.1) is 0 Å². The van der Waals surface area contributed by atoms with Crippen LogP contribution in [0.15, 0.2) is 36.4 Å². The molecule has 4 heterocycles. The molecule has 0 aliphatic carbocycles. The Hall–Kier alpha value is -4.38. The van der Waals surface area contributed by atoms with Gasteiger partial charge >= 0.3 is 0 Å². The summed E-state index contributed by atoms with van der Waals surface area (Å²) in [7, 11) is 0. The number of fused-ring (bicyclic) bond motifs is 2. The van der Waals surface area contributed by atoms with Crippen LogP contribution in [0.4, 0.5) is 0 Å². The zero-order valence-corrected chi connectivity index (χ0v) is 24.9. The van der Waals surface area contributed by atoms with Crippen molar-refractivity contribution in [3.8, 4) is 0 Å². The average Bonchev–Trinajstić information content (AvgIpc) is 3.50. The van der Waals surface area contributed by atoms with E-state index in [0.717, 1.165) is 42.4 Å². The van der Waals surface area contributed by atoms with Crippen LogP contribution in [0.25, 0.3) is 0 Å². The molecular formula is C33H38N4O7. The first-order valence-electron chi connectivity index (χ1n) is 15.3. The second-order valence-electron chi connectivity index (χ2n) is 11.7. The number of piperidine rings is 2. The number of hydrogen-bond donors (Lipinski definition) is 3. The van der Waals surface area contributed by atoms with Crippen LogP contribution in [0.5, 0.6) is 0 Å². The Bertz CT molecular complexity index is 1390. The molecule has 4 aliphatic rings. The summed E-state index contributed by atoms with van der Waals surface area (Å²) < 4.78 is 0. The highest BCUT2D eigenvalue weighted by Gasteiger charge is 2.40. The van der Waals surface area contributed by atoms with Crippen molar-refractivity contribution in [1.82, 2.24) is 20.4 Å². The van der Waals surface area contributed by atoms with E-state index in [0.29, 0.717) is 43.5 Å². The van der Waals surface area contributed by atoms with Crippen molar-refractivity contribution in [2.45, 2.75) is 89.9 Å². The normalized spacial score (nSPS) is 21.0. The van der Waals surface area contributed by atoms with Gasteiger partial charge in [0.2, 0.25) is 23.6 Å². The molecule has 3 N–H and O–H groups in total. The molecule has 6 amide bonds. The number of carbonyl (C=O) groups excluding carboxylic acids is 6. The number of unbranched alkanes of at least 4 members (excludes halogenated alkanes) is 1. The topological polar surface area (TPSA) is 153 Å². The molecule has 0 spiro atoms. The minimum Gasteiger partial charge on any atom is -0.396 e. The number of nitrogens with one attached hydrogen (secondary N) is 2. The van der Waals surface area contributed by atoms with Crippen LogP contribution in [0.1, 0.15) is 94.8 Å². The Balaban J connectivity index is 0.000000175. The lowest BCUT2D eigenvalue weighted by molar-refractivity contribution is -0.138. The van der Waals surface area contributed by atoms with Crippen LogP contribution < -0.4 is 10.6 Å². The number of rotatable bonds is 8. The van der Waals surface area contributed by atoms with Crippen molar-refractivity contribution in [2.24, 2.45) is 0 Å². The molecule has 0 bridgehead atoms. The van der Waals surface area contributed by atoms with Crippen molar-refractivity contribution in [3.63, 3.8) is 0 Å². The third kappa shape index (κ3) is 6.57. The fourth-order valence-electron chi connectivity index (χ4n) is 6.23. The lowest BCUT2D eigenvalue weighted by Crippen LogP contribution is -2.52. The summed E-state index contributed by atoms with van der Waals surface area (Å²) in [6.07, 6.45) is 6.06. The van der Waals surface area contributed by atoms with Crippen molar-refractivity contribution in [2.75, 3.05) is 6.61 Å². The number of aliphatic hydroxyl groups is 1. The molecule has 2 unspecified atom stereocenters. The molecule has 2 saturated heterocycles. The molecule has 4 aliphatic heterocycles. The first-order valence-corrected chi connectivity index (χ1v) is 15.3. The van der Waals surface area contributed by atoms with E-state index in [2.05, 4.69) is 23.6 Å². The number of aryl methyl sites for hydroxylation is 2. The summed E-state index contributed by atoms with van der Waals surface area (Å²) in [6, 6.07) is 10.5. The summed E-state index contributed by atoms with van der Waals surface area (Å²) in [5, 5.41) is 13.5. The molecule has 11 heteroatoms. The van der Waals surface area contributed by atoms with Gasteiger partial charge < -0.3 is 14.9 Å². The van der Waals surface area contributed by atoms with Crippen LogP contribution in [-0.4, -0.2) is 69.0 Å². The molecular weight excluding hydrogens is 564 g/mol. The quantitative estimate of drug-likeness (QED) is 0.392. The van der Waals surface area contributed by atoms with Crippen molar-refractivity contribution in [3.05, 3.63) is 69.8 Å². The lowest BCUT2D eigenvalue weighted by atomic mass is 10.0. The van der Waals surface area contributed by atoms with Gasteiger partial charge in [-0.1, -0.05) is 37.6 Å². The Morgan fingerprint density at radius 1 is 0.705 bits per heavy atom. The number of benzene rings is 2. The first kappa shape index (κ1) is 31.1. The van der Waals surface area contributed by atoms with E-state index in [-0.39, 0.29) is 49.0 Å². The highest BCUT2D eigenvalue weighted by molar-refractivity contribution is 6.06. The fourth-order valence-corrected chi connectivity index (χ4v) is 6.23. The summed E-state index contributed by atoms with van der Waals surface area (Å²) in [5.41, 5.74) is 5.51. The molecule has 2 aromatic rings. The van der Waals surface area contributed by atoms with Gasteiger partial charge in [-0.15, -0.1) is 0 Å². The maximum Gasteiger partial charge on any atom is 0.255 e. The standard InChI is InChI=1S/C17H20N2O3.C16H18N2O4/c1-2-3-4-11-5-6-13-12(9-11)10-19(17(13)22)14-7-8-15(20)18-16(14)21;19-7-1-2-10-3-4-12-11(8-10)9-18(16(12)22)13-5-6-14(20)17-15(13)21/h5-6,9,14H,2-4,7-8,10H2,1H3,(H,18,20,21);3-4,8,13,19H,1-2,5-7,9H2,(H,17,20,21). The average molecular weight is 603 g/mol. The van der Waals surface area contributed by atoms with Crippen LogP contribution in [0.3, 0.4) is 0 Å². The number of amides is 6. The zero-order valence-electron chi connectivity index (χ0n) is 24.9. The third-order valence-corrected chi connectivity index (χ3v) is 8.62. The van der Waals surface area contributed by atoms with Gasteiger partial charge in [0, 0.05) is 43.7 Å². The molecule has 2 fully saturated rings. The largest absolute Gasteiger partial charge is 0.396 e. The highest BCUT2D eigenvalue weighted by atomic mass is 16.3. The monoisotopic (exact) mass is 602 g/mol. The molecule has 232 valence electrons. The molecule has 11 nitrogen and oxygen atoms in total. The predicted molar refractivity (Wildman–Crippen MR) is 159 cm³/mol. The second-order valence-corrected chi connectivity index (χ2v) is 11.7. The van der Waals surface area contributed by atoms with Crippen molar-refractivity contribution in [1.29, 1.82) is 0 Å². The van der Waals surface area contributed by atoms with Gasteiger partial charge in [0.25, 0.3) is 11.8 Å². The number of carbonyl (C=O) groups is 6. The Kier molecular flexibility index (Phi) is 9.53. The lowest BCUT2D eigenvalue weighted by Gasteiger charge is -2.29. The molecule has 6 rings (SSSR count). The smallest absolute Gasteiger partial charge is 0.255 e. The fraction of sp³-hybridized carbons (Fsp3) is 0.455. The second kappa shape index (κ2) is 13.5. The zero-order chi connectivity index (χ0) is 31.4. The maximum atomic E-state index is 12.5. The van der Waals surface area contributed by atoms with Crippen LogP contribution >= 0.6 is 0 Å². The molecule has 0 radical (unpaired) electrons. The van der Waals surface area contributed by atoms with Gasteiger partial charge in [-0.25, -0.2) is 0 Å². The van der Waals surface area contributed by atoms with Gasteiger partial charge in [-0.2, -0.15) is 0 Å². The first-order chi connectivity index (χ1) is 21.2. The van der Waals surface area contributed by atoms with Gasteiger partial charge in [-0.05, 0) is 72.9 Å². The third-order valence-electron chi connectivity index (χ3n) is 8.62. The SMILES string of the molecule is CCCCc1ccc2c(c1)CN(C1CCC(=O)NC1=O)C2=O.O=C1CCC(N2Cc3cc(CCCO)ccc3C2=O)C(=O)N1. The molecule has 0 aromatic heterocycles. The van der Waals surface area contributed by atoms with E-state index in [1.165, 1.54) is 5.56 Å². The molecule has 2 atom stereocenters. The summed E-state index contributed by atoms with van der Waals surface area (Å²) >= 11 is 0. The number of hydrogen-bond acceptors (Lipinski definition) is 7. The van der Waals surface area contributed by atoms with E-state index in [1.54, 1.807) is 15.9 Å². The van der Waals surface area contributed by atoms with E-state index < -0.39 is 18.0 Å².